The number of H-pyrrole nitrogens is 1. The van der Waals surface area contributed by atoms with Gasteiger partial charge in [-0.25, -0.2) is 24.5 Å². The van der Waals surface area contributed by atoms with Crippen LogP contribution in [0.5, 0.6) is 5.75 Å². The van der Waals surface area contributed by atoms with Crippen molar-refractivity contribution in [2.75, 3.05) is 76.1 Å². The molecule has 0 radical (unpaired) electrons. The van der Waals surface area contributed by atoms with Crippen LogP contribution < -0.4 is 41.4 Å². The number of nitrogens with one attached hydrogen (secondary N) is 5. The summed E-state index contributed by atoms with van der Waals surface area (Å²) in [6, 6.07) is 35.4. The van der Waals surface area contributed by atoms with Gasteiger partial charge in [0.25, 0.3) is 5.56 Å². The van der Waals surface area contributed by atoms with E-state index < -0.39 is 66.6 Å². The molecule has 0 unspecified atom stereocenters. The van der Waals surface area contributed by atoms with E-state index in [0.29, 0.717) is 46.7 Å². The van der Waals surface area contributed by atoms with E-state index in [1.807, 2.05) is 103 Å². The molecular weight excluding hydrogens is 1260 g/mol. The van der Waals surface area contributed by atoms with Crippen LogP contribution in [0.25, 0.3) is 44.1 Å². The van der Waals surface area contributed by atoms with Gasteiger partial charge in [-0.1, -0.05) is 96.8 Å². The van der Waals surface area contributed by atoms with Crippen molar-refractivity contribution in [2.24, 2.45) is 7.05 Å². The highest BCUT2D eigenvalue weighted by Gasteiger charge is 2.45. The quantitative estimate of drug-likeness (QED) is 0.0324. The molecule has 13 rings (SSSR count). The van der Waals surface area contributed by atoms with Crippen molar-refractivity contribution in [1.82, 2.24) is 50.6 Å². The topological polar surface area (TPSA) is 295 Å². The number of rotatable bonds is 22. The summed E-state index contributed by atoms with van der Waals surface area (Å²) in [5.74, 6) is 3.31. The fourth-order valence-corrected chi connectivity index (χ4v) is 14.2. The monoisotopic (exact) mass is 1340 g/mol. The molecule has 7 N–H and O–H groups in total. The third-order valence-corrected chi connectivity index (χ3v) is 19.9. The largest absolute Gasteiger partial charge is 0.495 e. The molecule has 24 nitrogen and oxygen atoms in total. The number of anilines is 2. The number of aliphatic carboxylic acids is 1. The first kappa shape index (κ1) is 67.1. The number of carboxylic acid groups (broad SMARTS) is 1. The van der Waals surface area contributed by atoms with Crippen LogP contribution in [0, 0.1) is 11.8 Å². The minimum absolute atomic E-state index is 0.00381. The second kappa shape index (κ2) is 28.6. The minimum atomic E-state index is -1.65. The van der Waals surface area contributed by atoms with Gasteiger partial charge in [-0.2, -0.15) is 0 Å². The molecule has 0 bridgehead atoms. The number of methoxy groups -OCH3 is 1. The van der Waals surface area contributed by atoms with E-state index in [9.17, 15) is 43.8 Å². The van der Waals surface area contributed by atoms with Crippen LogP contribution in [0.3, 0.4) is 0 Å². The minimum Gasteiger partial charge on any atom is -0.495 e. The number of carbonyl (C=O) groups excluding carboxylic acids is 5. The Morgan fingerprint density at radius 2 is 1.53 bits per heavy atom. The first-order valence-electron chi connectivity index (χ1n) is 33.7. The Kier molecular flexibility index (Phi) is 19.4. The van der Waals surface area contributed by atoms with Crippen LogP contribution in [0.2, 0.25) is 0 Å². The number of alkyl carbamates (subject to hydrolysis) is 1. The lowest BCUT2D eigenvalue weighted by molar-refractivity contribution is -0.141. The molecule has 1 saturated carbocycles. The molecule has 3 saturated heterocycles. The molecule has 0 spiro atoms. The van der Waals surface area contributed by atoms with Gasteiger partial charge in [0, 0.05) is 98.0 Å². The van der Waals surface area contributed by atoms with E-state index in [1.165, 1.54) is 18.9 Å². The van der Waals surface area contributed by atoms with Crippen LogP contribution in [-0.4, -0.2) is 171 Å². The summed E-state index contributed by atoms with van der Waals surface area (Å²) in [6.45, 7) is 6.27. The molecule has 512 valence electrons. The smallest absolute Gasteiger partial charge is 0.407 e. The predicted octanol–water partition coefficient (Wildman–Crippen LogP) is 7.48. The number of imide groups is 1. The number of aromatic nitrogens is 4. The number of aryl methyl sites for hydroxylation is 1. The number of fused-ring (bicyclic) bond motifs is 5. The number of pyridine rings is 1. The Hall–Kier alpha value is -10.5. The highest BCUT2D eigenvalue weighted by atomic mass is 16.5. The van der Waals surface area contributed by atoms with Gasteiger partial charge in [-0.05, 0) is 122 Å². The second-order valence-corrected chi connectivity index (χ2v) is 26.4. The highest BCUT2D eigenvalue weighted by Crippen LogP contribution is 2.46. The lowest BCUT2D eigenvalue weighted by Crippen LogP contribution is -2.58. The number of ether oxygens (including phenoxy) is 3. The molecular formula is C75H80N12O12. The van der Waals surface area contributed by atoms with Crippen molar-refractivity contribution in [3.63, 3.8) is 0 Å². The molecule has 99 heavy (non-hydrogen) atoms. The number of hydrogen-bond acceptors (Lipinski definition) is 16. The van der Waals surface area contributed by atoms with Gasteiger partial charge < -0.3 is 65.0 Å². The zero-order chi connectivity index (χ0) is 69.1. The zero-order valence-corrected chi connectivity index (χ0v) is 55.7. The Bertz CT molecular complexity index is 4500. The van der Waals surface area contributed by atoms with E-state index in [4.69, 9.17) is 24.2 Å². The van der Waals surface area contributed by atoms with Gasteiger partial charge in [-0.3, -0.25) is 28.9 Å². The number of piperidine rings is 2. The van der Waals surface area contributed by atoms with E-state index in [0.717, 1.165) is 125 Å². The molecule has 3 aromatic heterocycles. The van der Waals surface area contributed by atoms with Crippen molar-refractivity contribution in [3.8, 4) is 39.8 Å². The maximum atomic E-state index is 14.1. The zero-order valence-electron chi connectivity index (χ0n) is 55.7. The number of carbonyl (C=O) groups is 6. The second-order valence-electron chi connectivity index (χ2n) is 26.4. The van der Waals surface area contributed by atoms with Gasteiger partial charge in [0.15, 0.2) is 5.60 Å². The summed E-state index contributed by atoms with van der Waals surface area (Å²) in [4.78, 5) is 113. The Morgan fingerprint density at radius 3 is 2.22 bits per heavy atom. The summed E-state index contributed by atoms with van der Waals surface area (Å²) >= 11 is 0. The van der Waals surface area contributed by atoms with Crippen molar-refractivity contribution in [2.45, 2.75) is 107 Å². The number of benzene rings is 5. The number of aromatic amines is 1. The average molecular weight is 1340 g/mol. The number of nitrogens with zero attached hydrogens (tertiary/aromatic N) is 7. The van der Waals surface area contributed by atoms with E-state index in [-0.39, 0.29) is 49.3 Å². The Morgan fingerprint density at radius 1 is 0.808 bits per heavy atom. The number of urea groups is 1. The molecule has 6 amide bonds. The van der Waals surface area contributed by atoms with Gasteiger partial charge >= 0.3 is 18.1 Å². The standard InChI is InChI=1S/C75H80N12O12/c1-46(79-72(95)98-43-59-54-18-10-8-16-52(54)53-17-9-11-19-55(53)59)68(92)80-61(41-65(90)91)69(93)77-45-87-64(89)29-36-86(73(87)96)62-39-47(20-25-63(62)97-4)13-12-32-78-74(2)30-37-84(38-31-74)50-27-34-85(35-28-50)71-81-60-24-21-48(58-42-83(3)70(94)66-56(58)26-33-76-66)40-57(60)67(82-71)75(44-88,99-51-22-23-51)49-14-6-5-7-15-49/h5-11,14-21,24-26,33,39-40,42,46,50-51,59,61,76,78,88H,22-23,27-32,34-38,41,43-45H2,1-4H3,(H,77,93)(H,79,95)(H,80,92)(H,90,91)/t46-,61-,75-/m0/s1. The van der Waals surface area contributed by atoms with Crippen LogP contribution in [0.15, 0.2) is 139 Å². The van der Waals surface area contributed by atoms with Crippen molar-refractivity contribution < 1.29 is 53.2 Å². The van der Waals surface area contributed by atoms with Crippen molar-refractivity contribution in [3.05, 3.63) is 172 Å². The van der Waals surface area contributed by atoms with Crippen LogP contribution in [0.4, 0.5) is 21.2 Å². The summed E-state index contributed by atoms with van der Waals surface area (Å²) in [7, 11) is 3.20. The molecule has 24 heteroatoms. The molecule has 6 heterocycles. The molecule has 5 aromatic carbocycles. The maximum Gasteiger partial charge on any atom is 0.407 e. The fourth-order valence-electron chi connectivity index (χ4n) is 14.2. The van der Waals surface area contributed by atoms with E-state index in [2.05, 4.69) is 60.9 Å². The van der Waals surface area contributed by atoms with Gasteiger partial charge in [0.05, 0.1) is 49.7 Å². The number of amides is 6. The molecule has 3 atom stereocenters. The number of aliphatic hydroxyl groups is 1. The molecule has 5 aliphatic rings. The number of hydrogen-bond donors (Lipinski definition) is 7. The third-order valence-electron chi connectivity index (χ3n) is 19.9. The van der Waals surface area contributed by atoms with Gasteiger partial charge in [0.2, 0.25) is 23.7 Å². The summed E-state index contributed by atoms with van der Waals surface area (Å²) in [5.41, 5.74) is 7.86. The van der Waals surface area contributed by atoms with Crippen LogP contribution in [0.1, 0.15) is 99.1 Å². The summed E-state index contributed by atoms with van der Waals surface area (Å²) in [6.07, 6.45) is 7.16. The molecule has 2 aliphatic carbocycles. The molecule has 4 fully saturated rings. The number of likely N-dealkylation sites (tertiary alicyclic amines) is 1. The van der Waals surface area contributed by atoms with Crippen LogP contribution >= 0.6 is 0 Å². The van der Waals surface area contributed by atoms with Crippen LogP contribution in [-0.2, 0) is 41.3 Å². The Balaban J connectivity index is 0.605. The lowest BCUT2D eigenvalue weighted by Gasteiger charge is -2.45. The SMILES string of the molecule is COc1ccc(C#CCNC2(C)CCN(C3CCN(c4nc([C@@](CO)(OC5CC5)c5ccccc5)c5cc(-c6cn(C)c(=O)c7[nH]ccc67)ccc5n4)CC3)CC2)cc1N1CCC(=O)N(CNC(=O)[C@H](CC(=O)O)NC(=O)[C@H](C)NC(=O)OCC2c3ccccc3-c3ccccc32)C1=O. The summed E-state index contributed by atoms with van der Waals surface area (Å²) in [5, 5.41) is 33.9. The van der Waals surface area contributed by atoms with Crippen molar-refractivity contribution >= 4 is 69.3 Å². The highest BCUT2D eigenvalue weighted by molar-refractivity contribution is 6.07. The maximum absolute atomic E-state index is 14.1. The summed E-state index contributed by atoms with van der Waals surface area (Å²) < 4.78 is 19.8. The van der Waals surface area contributed by atoms with Crippen molar-refractivity contribution in [1.29, 1.82) is 0 Å². The van der Waals surface area contributed by atoms with Gasteiger partial charge in [0.1, 0.15) is 36.6 Å². The van der Waals surface area contributed by atoms with E-state index in [1.54, 1.807) is 36.0 Å². The normalized spacial score (nSPS) is 17.6. The average Bonchev–Trinajstić information content (AvgIpc) is 1.63. The Labute approximate surface area is 572 Å². The first-order chi connectivity index (χ1) is 47.9. The number of aliphatic hydroxyl groups excluding tert-OH is 1. The van der Waals surface area contributed by atoms with E-state index >= 15 is 0 Å². The molecule has 8 aromatic rings. The molecule has 3 aliphatic heterocycles. The fraction of sp³-hybridized carbons (Fsp3) is 0.373. The first-order valence-corrected chi connectivity index (χ1v) is 33.7. The lowest BCUT2D eigenvalue weighted by atomic mass is 9.87. The number of carboxylic acids is 1. The predicted molar refractivity (Wildman–Crippen MR) is 372 cm³/mol. The van der Waals surface area contributed by atoms with Gasteiger partial charge in [-0.15, -0.1) is 0 Å². The third kappa shape index (κ3) is 14.1.